The molecule has 0 radical (unpaired) electrons. The average Bonchev–Trinajstić information content (AvgIpc) is 2.92. The number of ether oxygens (including phenoxy) is 2. The molecule has 0 saturated carbocycles. The Morgan fingerprint density at radius 2 is 1.35 bits per heavy atom. The Morgan fingerprint density at radius 1 is 0.730 bits per heavy atom. The van der Waals surface area contributed by atoms with E-state index in [0.717, 1.165) is 25.7 Å². The second-order valence-corrected chi connectivity index (χ2v) is 9.78. The van der Waals surface area contributed by atoms with E-state index in [2.05, 4.69) is 6.92 Å². The first-order valence-electron chi connectivity index (χ1n) is 13.2. The van der Waals surface area contributed by atoms with Crippen LogP contribution in [0.4, 0.5) is 17.6 Å². The van der Waals surface area contributed by atoms with E-state index in [9.17, 15) is 8.78 Å². The lowest BCUT2D eigenvalue weighted by atomic mass is 9.88. The Morgan fingerprint density at radius 3 is 1.95 bits per heavy atom. The molecule has 6 heteroatoms. The summed E-state index contributed by atoms with van der Waals surface area (Å²) in [5.74, 6) is -4.21. The molecule has 2 unspecified atom stereocenters. The van der Waals surface area contributed by atoms with E-state index in [4.69, 9.17) is 9.47 Å². The highest BCUT2D eigenvalue weighted by Gasteiger charge is 2.27. The molecule has 37 heavy (non-hydrogen) atoms. The number of halogens is 4. The molecule has 0 amide bonds. The molecule has 2 atom stereocenters. The number of methoxy groups -OCH3 is 1. The zero-order valence-electron chi connectivity index (χ0n) is 21.5. The van der Waals surface area contributed by atoms with Gasteiger partial charge in [0.1, 0.15) is 0 Å². The van der Waals surface area contributed by atoms with Crippen molar-refractivity contribution in [3.8, 4) is 28.0 Å². The summed E-state index contributed by atoms with van der Waals surface area (Å²) in [6, 6.07) is 12.2. The monoisotopic (exact) mass is 514 g/mol. The van der Waals surface area contributed by atoms with Crippen LogP contribution < -0.4 is 4.74 Å². The van der Waals surface area contributed by atoms with Gasteiger partial charge in [-0.15, -0.1) is 0 Å². The highest BCUT2D eigenvalue weighted by atomic mass is 19.2. The van der Waals surface area contributed by atoms with Crippen LogP contribution in [0.5, 0.6) is 5.75 Å². The Bertz CT molecular complexity index is 1180. The molecule has 0 aliphatic carbocycles. The molecular formula is C31H34F4O2. The fourth-order valence-corrected chi connectivity index (χ4v) is 5.10. The lowest BCUT2D eigenvalue weighted by Crippen LogP contribution is -2.25. The van der Waals surface area contributed by atoms with Gasteiger partial charge in [-0.05, 0) is 48.1 Å². The SMILES string of the molecule is CCCCCCCC1CCC(c2ccc(-c3ccc(-c4ccc(OC)c(F)c4F)cc3)c(F)c2F)CO1. The van der Waals surface area contributed by atoms with Gasteiger partial charge >= 0.3 is 0 Å². The molecule has 0 aromatic heterocycles. The van der Waals surface area contributed by atoms with Crippen molar-refractivity contribution in [2.24, 2.45) is 0 Å². The van der Waals surface area contributed by atoms with Crippen LogP contribution in [0.25, 0.3) is 22.3 Å². The zero-order chi connectivity index (χ0) is 26.4. The predicted octanol–water partition coefficient (Wildman–Crippen LogP) is 9.21. The van der Waals surface area contributed by atoms with Gasteiger partial charge < -0.3 is 9.47 Å². The van der Waals surface area contributed by atoms with Crippen LogP contribution in [0.1, 0.15) is 69.8 Å². The molecule has 0 spiro atoms. The van der Waals surface area contributed by atoms with Crippen molar-refractivity contribution in [3.63, 3.8) is 0 Å². The summed E-state index contributed by atoms with van der Waals surface area (Å²) in [6.45, 7) is 2.60. The smallest absolute Gasteiger partial charge is 0.201 e. The lowest BCUT2D eigenvalue weighted by molar-refractivity contribution is -0.00283. The van der Waals surface area contributed by atoms with Gasteiger partial charge in [-0.1, -0.05) is 75.4 Å². The molecule has 3 aromatic rings. The van der Waals surface area contributed by atoms with Crippen molar-refractivity contribution in [1.82, 2.24) is 0 Å². The van der Waals surface area contributed by atoms with Crippen LogP contribution in [-0.4, -0.2) is 19.8 Å². The van der Waals surface area contributed by atoms with Gasteiger partial charge in [0.2, 0.25) is 5.82 Å². The maximum Gasteiger partial charge on any atom is 0.201 e. The Kier molecular flexibility index (Phi) is 9.25. The molecule has 1 aliphatic rings. The number of hydrogen-bond acceptors (Lipinski definition) is 2. The number of unbranched alkanes of at least 4 members (excludes halogenated alkanes) is 4. The maximum atomic E-state index is 15.1. The third-order valence-electron chi connectivity index (χ3n) is 7.33. The molecular weight excluding hydrogens is 480 g/mol. The third-order valence-corrected chi connectivity index (χ3v) is 7.33. The number of hydrogen-bond donors (Lipinski definition) is 0. The fraction of sp³-hybridized carbons (Fsp3) is 0.419. The molecule has 1 heterocycles. The molecule has 1 aliphatic heterocycles. The van der Waals surface area contributed by atoms with Gasteiger partial charge in [0, 0.05) is 17.0 Å². The van der Waals surface area contributed by atoms with Crippen molar-refractivity contribution in [2.45, 2.75) is 70.3 Å². The van der Waals surface area contributed by atoms with Gasteiger partial charge in [0.05, 0.1) is 19.8 Å². The molecule has 1 saturated heterocycles. The van der Waals surface area contributed by atoms with E-state index in [1.807, 2.05) is 0 Å². The lowest BCUT2D eigenvalue weighted by Gasteiger charge is -2.30. The van der Waals surface area contributed by atoms with Crippen molar-refractivity contribution >= 4 is 0 Å². The standard InChI is InChI=1S/C31H34F4O2/c1-3-4-5-6-7-8-23-14-13-22(19-37-23)26-16-15-24(28(32)29(26)33)20-9-11-21(12-10-20)25-17-18-27(36-2)31(35)30(25)34/h9-12,15-18,22-23H,3-8,13-14,19H2,1-2H3. The maximum absolute atomic E-state index is 15.1. The average molecular weight is 515 g/mol. The quantitative estimate of drug-likeness (QED) is 0.198. The molecule has 0 N–H and O–H groups in total. The van der Waals surface area contributed by atoms with Gasteiger partial charge in [0.25, 0.3) is 0 Å². The van der Waals surface area contributed by atoms with E-state index in [1.54, 1.807) is 36.4 Å². The van der Waals surface area contributed by atoms with Crippen LogP contribution in [0.2, 0.25) is 0 Å². The van der Waals surface area contributed by atoms with Crippen LogP contribution in [0.3, 0.4) is 0 Å². The number of rotatable bonds is 10. The molecule has 2 nitrogen and oxygen atoms in total. The van der Waals surface area contributed by atoms with Gasteiger partial charge in [-0.2, -0.15) is 4.39 Å². The summed E-state index contributed by atoms with van der Waals surface area (Å²) < 4.78 is 69.6. The minimum absolute atomic E-state index is 0.0587. The molecule has 3 aromatic carbocycles. The second-order valence-electron chi connectivity index (χ2n) is 9.78. The van der Waals surface area contributed by atoms with Crippen LogP contribution in [0, 0.1) is 23.3 Å². The first-order chi connectivity index (χ1) is 17.9. The summed E-state index contributed by atoms with van der Waals surface area (Å²) in [5, 5.41) is 0. The Hall–Kier alpha value is -2.86. The number of benzene rings is 3. The summed E-state index contributed by atoms with van der Waals surface area (Å²) in [7, 11) is 1.26. The first-order valence-corrected chi connectivity index (χ1v) is 13.2. The highest BCUT2D eigenvalue weighted by Crippen LogP contribution is 2.36. The first kappa shape index (κ1) is 27.2. The van der Waals surface area contributed by atoms with Gasteiger partial charge in [-0.25, -0.2) is 13.2 Å². The minimum atomic E-state index is -1.07. The van der Waals surface area contributed by atoms with E-state index < -0.39 is 23.3 Å². The topological polar surface area (TPSA) is 18.5 Å². The minimum Gasteiger partial charge on any atom is -0.494 e. The summed E-state index contributed by atoms with van der Waals surface area (Å²) in [4.78, 5) is 0. The molecule has 0 bridgehead atoms. The highest BCUT2D eigenvalue weighted by molar-refractivity contribution is 5.71. The van der Waals surface area contributed by atoms with E-state index in [1.165, 1.54) is 44.9 Å². The van der Waals surface area contributed by atoms with Crippen molar-refractivity contribution in [2.75, 3.05) is 13.7 Å². The normalized spacial score (nSPS) is 17.7. The van der Waals surface area contributed by atoms with Crippen LogP contribution >= 0.6 is 0 Å². The molecule has 198 valence electrons. The largest absolute Gasteiger partial charge is 0.494 e. The summed E-state index contributed by atoms with van der Waals surface area (Å²) in [6.07, 6.45) is 8.94. The zero-order valence-corrected chi connectivity index (χ0v) is 21.5. The Labute approximate surface area is 216 Å². The van der Waals surface area contributed by atoms with E-state index in [0.29, 0.717) is 23.3 Å². The van der Waals surface area contributed by atoms with Crippen molar-refractivity contribution in [3.05, 3.63) is 77.4 Å². The summed E-state index contributed by atoms with van der Waals surface area (Å²) in [5.41, 5.74) is 1.39. The second kappa shape index (κ2) is 12.6. The Balaban J connectivity index is 1.43. The van der Waals surface area contributed by atoms with E-state index in [-0.39, 0.29) is 28.9 Å². The molecule has 1 fully saturated rings. The van der Waals surface area contributed by atoms with Gasteiger partial charge in [0.15, 0.2) is 23.2 Å². The summed E-state index contributed by atoms with van der Waals surface area (Å²) >= 11 is 0. The van der Waals surface area contributed by atoms with Crippen LogP contribution in [0.15, 0.2) is 48.5 Å². The van der Waals surface area contributed by atoms with Crippen molar-refractivity contribution < 1.29 is 27.0 Å². The predicted molar refractivity (Wildman–Crippen MR) is 139 cm³/mol. The van der Waals surface area contributed by atoms with E-state index >= 15 is 8.78 Å². The van der Waals surface area contributed by atoms with Crippen molar-refractivity contribution in [1.29, 1.82) is 0 Å². The van der Waals surface area contributed by atoms with Gasteiger partial charge in [-0.3, -0.25) is 0 Å². The third kappa shape index (κ3) is 6.18. The van der Waals surface area contributed by atoms with Crippen LogP contribution in [-0.2, 0) is 4.74 Å². The fourth-order valence-electron chi connectivity index (χ4n) is 5.10. The molecule has 4 rings (SSSR count).